The summed E-state index contributed by atoms with van der Waals surface area (Å²) in [5, 5.41) is 2.25. The maximum atomic E-state index is 12.8. The van der Waals surface area contributed by atoms with Crippen LogP contribution in [0.4, 0.5) is 0 Å². The molecule has 0 saturated carbocycles. The molecule has 1 atom stereocenters. The van der Waals surface area contributed by atoms with Gasteiger partial charge in [-0.2, -0.15) is 4.72 Å². The van der Waals surface area contributed by atoms with Gasteiger partial charge >= 0.3 is 0 Å². The molecule has 0 fully saturated rings. The number of nitrogens with zero attached hydrogens (tertiary/aromatic N) is 1. The van der Waals surface area contributed by atoms with E-state index in [1.54, 1.807) is 31.2 Å². The highest BCUT2D eigenvalue weighted by molar-refractivity contribution is 7.89. The number of rotatable bonds is 9. The van der Waals surface area contributed by atoms with Crippen molar-refractivity contribution >= 4 is 33.7 Å². The Morgan fingerprint density at radius 2 is 1.56 bits per heavy atom. The van der Waals surface area contributed by atoms with Gasteiger partial charge in [0.05, 0.1) is 22.6 Å². The van der Waals surface area contributed by atoms with E-state index in [0.29, 0.717) is 0 Å². The first-order chi connectivity index (χ1) is 15.1. The lowest BCUT2D eigenvalue weighted by Gasteiger charge is -2.21. The summed E-state index contributed by atoms with van der Waals surface area (Å²) in [6.07, 6.45) is -0.207. The number of nitrogens with two attached hydrogens (primary N) is 1. The van der Waals surface area contributed by atoms with Crippen molar-refractivity contribution in [2.75, 3.05) is 13.1 Å². The van der Waals surface area contributed by atoms with E-state index in [9.17, 15) is 27.6 Å². The van der Waals surface area contributed by atoms with Gasteiger partial charge in [0, 0.05) is 6.54 Å². The number of amides is 4. The topological polar surface area (TPSA) is 156 Å². The van der Waals surface area contributed by atoms with Crippen LogP contribution in [0.5, 0.6) is 0 Å². The van der Waals surface area contributed by atoms with Gasteiger partial charge in [0.25, 0.3) is 11.8 Å². The number of fused-ring (bicyclic) bond motifs is 1. The molecule has 2 aromatic rings. The van der Waals surface area contributed by atoms with E-state index >= 15 is 0 Å². The molecule has 3 rings (SSSR count). The average molecular weight is 458 g/mol. The van der Waals surface area contributed by atoms with Crippen molar-refractivity contribution in [3.05, 3.63) is 65.2 Å². The first-order valence-corrected chi connectivity index (χ1v) is 11.2. The fraction of sp³-hybridized carbons (Fsp3) is 0.238. The highest BCUT2D eigenvalue weighted by Gasteiger charge is 2.36. The molecule has 1 heterocycles. The van der Waals surface area contributed by atoms with Crippen molar-refractivity contribution in [2.24, 2.45) is 5.73 Å². The van der Waals surface area contributed by atoms with Crippen LogP contribution < -0.4 is 15.8 Å². The van der Waals surface area contributed by atoms with E-state index in [4.69, 9.17) is 5.73 Å². The van der Waals surface area contributed by atoms with Gasteiger partial charge in [0.2, 0.25) is 21.8 Å². The lowest BCUT2D eigenvalue weighted by Crippen LogP contribution is -2.50. The Bertz CT molecular complexity index is 1140. The molecule has 0 aromatic heterocycles. The molecule has 168 valence electrons. The third kappa shape index (κ3) is 5.01. The second-order valence-electron chi connectivity index (χ2n) is 7.27. The SMILES string of the molecule is Cc1ccc(S(=O)(=O)N[C@H](CCN2C(=O)c3ccccc3C2=O)C(=O)NCC(N)=O)cc1. The van der Waals surface area contributed by atoms with E-state index in [1.165, 1.54) is 24.3 Å². The minimum Gasteiger partial charge on any atom is -0.368 e. The van der Waals surface area contributed by atoms with E-state index < -0.39 is 46.2 Å². The third-order valence-corrected chi connectivity index (χ3v) is 6.39. The number of aryl methyl sites for hydroxylation is 1. The van der Waals surface area contributed by atoms with Crippen LogP contribution in [0.3, 0.4) is 0 Å². The first-order valence-electron chi connectivity index (χ1n) is 9.70. The van der Waals surface area contributed by atoms with Crippen molar-refractivity contribution in [1.82, 2.24) is 14.9 Å². The Morgan fingerprint density at radius 3 is 2.09 bits per heavy atom. The summed E-state index contributed by atoms with van der Waals surface area (Å²) < 4.78 is 27.8. The van der Waals surface area contributed by atoms with Crippen LogP contribution in [0.25, 0.3) is 0 Å². The van der Waals surface area contributed by atoms with Gasteiger partial charge in [-0.1, -0.05) is 29.8 Å². The number of sulfonamides is 1. The Kier molecular flexibility index (Phi) is 6.70. The number of nitrogens with one attached hydrogen (secondary N) is 2. The van der Waals surface area contributed by atoms with Crippen LogP contribution in [0, 0.1) is 6.92 Å². The summed E-state index contributed by atoms with van der Waals surface area (Å²) in [5.74, 6) is -2.67. The van der Waals surface area contributed by atoms with Crippen molar-refractivity contribution < 1.29 is 27.6 Å². The van der Waals surface area contributed by atoms with E-state index in [0.717, 1.165) is 10.5 Å². The smallest absolute Gasteiger partial charge is 0.261 e. The second-order valence-corrected chi connectivity index (χ2v) is 8.98. The molecule has 0 saturated heterocycles. The molecule has 0 unspecified atom stereocenters. The monoisotopic (exact) mass is 458 g/mol. The zero-order valence-electron chi connectivity index (χ0n) is 17.2. The van der Waals surface area contributed by atoms with E-state index in [1.807, 2.05) is 0 Å². The summed E-state index contributed by atoms with van der Waals surface area (Å²) in [6.45, 7) is 1.10. The molecule has 32 heavy (non-hydrogen) atoms. The van der Waals surface area contributed by atoms with Crippen molar-refractivity contribution in [2.45, 2.75) is 24.3 Å². The largest absolute Gasteiger partial charge is 0.368 e. The van der Waals surface area contributed by atoms with Crippen LogP contribution >= 0.6 is 0 Å². The molecular formula is C21H22N4O6S. The molecule has 0 spiro atoms. The highest BCUT2D eigenvalue weighted by atomic mass is 32.2. The fourth-order valence-corrected chi connectivity index (χ4v) is 4.44. The van der Waals surface area contributed by atoms with E-state index in [-0.39, 0.29) is 29.0 Å². The third-order valence-electron chi connectivity index (χ3n) is 4.90. The number of hydrogen-bond donors (Lipinski definition) is 3. The van der Waals surface area contributed by atoms with Crippen molar-refractivity contribution in [3.63, 3.8) is 0 Å². The highest BCUT2D eigenvalue weighted by Crippen LogP contribution is 2.23. The molecule has 1 aliphatic heterocycles. The number of carbonyl (C=O) groups excluding carboxylic acids is 4. The molecule has 2 aromatic carbocycles. The Labute approximate surface area is 184 Å². The van der Waals surface area contributed by atoms with Crippen molar-refractivity contribution in [3.8, 4) is 0 Å². The summed E-state index contributed by atoms with van der Waals surface area (Å²) >= 11 is 0. The van der Waals surface area contributed by atoms with E-state index in [2.05, 4.69) is 10.0 Å². The van der Waals surface area contributed by atoms with Crippen LogP contribution in [-0.4, -0.2) is 56.1 Å². The summed E-state index contributed by atoms with van der Waals surface area (Å²) in [7, 11) is -4.10. The number of hydrogen-bond acceptors (Lipinski definition) is 6. The standard InChI is InChI=1S/C21H22N4O6S/c1-13-6-8-14(9-7-13)32(30,31)24-17(19(27)23-12-18(22)26)10-11-25-20(28)15-4-2-3-5-16(15)21(25)29/h2-9,17,24H,10-12H2,1H3,(H2,22,26)(H,23,27)/t17-/m1/s1. The molecule has 4 N–H and O–H groups in total. The molecule has 0 aliphatic carbocycles. The Balaban J connectivity index is 1.78. The van der Waals surface area contributed by atoms with Gasteiger partial charge in [-0.05, 0) is 37.6 Å². The zero-order valence-corrected chi connectivity index (χ0v) is 18.0. The minimum absolute atomic E-state index is 0.0588. The van der Waals surface area contributed by atoms with Gasteiger partial charge in [-0.3, -0.25) is 24.1 Å². The molecular weight excluding hydrogens is 436 g/mol. The van der Waals surface area contributed by atoms with Crippen LogP contribution in [0.15, 0.2) is 53.4 Å². The summed E-state index contributed by atoms with van der Waals surface area (Å²) in [6, 6.07) is 10.9. The molecule has 10 nitrogen and oxygen atoms in total. The molecule has 1 aliphatic rings. The molecule has 11 heteroatoms. The summed E-state index contributed by atoms with van der Waals surface area (Å²) in [4.78, 5) is 49.6. The average Bonchev–Trinajstić information content (AvgIpc) is 3.00. The van der Waals surface area contributed by atoms with Crippen LogP contribution in [-0.2, 0) is 19.6 Å². The maximum absolute atomic E-state index is 12.8. The second kappa shape index (κ2) is 9.28. The number of primary amides is 1. The number of imide groups is 1. The Morgan fingerprint density at radius 1 is 1.00 bits per heavy atom. The molecule has 0 radical (unpaired) electrons. The quantitative estimate of drug-likeness (QED) is 0.447. The first kappa shape index (κ1) is 23.1. The van der Waals surface area contributed by atoms with Crippen molar-refractivity contribution in [1.29, 1.82) is 0 Å². The van der Waals surface area contributed by atoms with Crippen LogP contribution in [0.2, 0.25) is 0 Å². The van der Waals surface area contributed by atoms with Gasteiger partial charge in [-0.15, -0.1) is 0 Å². The van der Waals surface area contributed by atoms with Gasteiger partial charge in [-0.25, -0.2) is 8.42 Å². The summed E-state index contributed by atoms with van der Waals surface area (Å²) in [5.41, 5.74) is 6.38. The Hall–Kier alpha value is -3.57. The predicted octanol–water partition coefficient (Wildman–Crippen LogP) is -0.0703. The number of benzene rings is 2. The van der Waals surface area contributed by atoms with Gasteiger partial charge in [0.15, 0.2) is 0 Å². The lowest BCUT2D eigenvalue weighted by molar-refractivity contribution is -0.126. The maximum Gasteiger partial charge on any atom is 0.261 e. The molecule has 0 bridgehead atoms. The number of carbonyl (C=O) groups is 4. The predicted molar refractivity (Wildman–Crippen MR) is 114 cm³/mol. The van der Waals surface area contributed by atoms with Crippen LogP contribution in [0.1, 0.15) is 32.7 Å². The zero-order chi connectivity index (χ0) is 23.5. The fourth-order valence-electron chi connectivity index (χ4n) is 3.21. The normalized spacial score (nSPS) is 14.2. The van der Waals surface area contributed by atoms with Gasteiger partial charge < -0.3 is 11.1 Å². The minimum atomic E-state index is -4.10. The molecule has 4 amide bonds. The lowest BCUT2D eigenvalue weighted by atomic mass is 10.1. The van der Waals surface area contributed by atoms with Gasteiger partial charge in [0.1, 0.15) is 6.04 Å².